The van der Waals surface area contributed by atoms with E-state index in [1.54, 1.807) is 6.07 Å². The Morgan fingerprint density at radius 1 is 1.19 bits per heavy atom. The third-order valence-corrected chi connectivity index (χ3v) is 6.57. The molecule has 32 heavy (non-hydrogen) atoms. The van der Waals surface area contributed by atoms with Gasteiger partial charge >= 0.3 is 0 Å². The van der Waals surface area contributed by atoms with Crippen molar-refractivity contribution in [2.45, 2.75) is 13.3 Å². The van der Waals surface area contributed by atoms with Crippen molar-refractivity contribution in [1.82, 2.24) is 4.98 Å². The zero-order chi connectivity index (χ0) is 23.0. The number of anilines is 1. The van der Waals surface area contributed by atoms with Crippen LogP contribution in [0.25, 0.3) is 23.4 Å². The van der Waals surface area contributed by atoms with Crippen LogP contribution in [0.2, 0.25) is 10.0 Å². The minimum atomic E-state index is -0.451. The van der Waals surface area contributed by atoms with E-state index in [9.17, 15) is 5.26 Å². The van der Waals surface area contributed by atoms with Gasteiger partial charge in [-0.3, -0.25) is 4.99 Å². The highest BCUT2D eigenvalue weighted by atomic mass is 35.5. The fourth-order valence-corrected chi connectivity index (χ4v) is 4.73. The average Bonchev–Trinajstić information content (AvgIpc) is 3.07. The molecule has 3 heterocycles. The molecule has 0 saturated carbocycles. The van der Waals surface area contributed by atoms with E-state index in [0.717, 1.165) is 16.9 Å². The van der Waals surface area contributed by atoms with Gasteiger partial charge in [0.2, 0.25) is 0 Å². The molecule has 2 aromatic rings. The molecule has 0 aliphatic carbocycles. The number of amidine groups is 1. The number of halogens is 2. The quantitative estimate of drug-likeness (QED) is 0.735. The number of methoxy groups -OCH3 is 2. The van der Waals surface area contributed by atoms with Gasteiger partial charge in [-0.25, -0.2) is 4.98 Å². The Hall–Kier alpha value is -2.95. The number of aromatic nitrogens is 1. The Morgan fingerprint density at radius 3 is 2.47 bits per heavy atom. The standard InChI is InChI=1S/C23H23Cl2N5O2/c1-23(11-26)5-7-30(12-23)22-14-9-18(27)28-6-4-13(14)8-15(29-22)19-20(24)16(31-2)10-17(32-3)21(19)25/h4,8-10H,5-7,12H2,1-3H3,(H2,27,28). The average molecular weight is 472 g/mol. The first kappa shape index (κ1) is 22.3. The highest BCUT2D eigenvalue weighted by Crippen LogP contribution is 2.45. The summed E-state index contributed by atoms with van der Waals surface area (Å²) >= 11 is 13.3. The van der Waals surface area contributed by atoms with Gasteiger partial charge in [0.05, 0.1) is 48.0 Å². The highest BCUT2D eigenvalue weighted by molar-refractivity contribution is 6.41. The van der Waals surface area contributed by atoms with Crippen molar-refractivity contribution in [3.63, 3.8) is 0 Å². The Labute approximate surface area is 196 Å². The minimum Gasteiger partial charge on any atom is -0.495 e. The first-order chi connectivity index (χ1) is 15.3. The van der Waals surface area contributed by atoms with Gasteiger partial charge in [0.1, 0.15) is 23.2 Å². The smallest absolute Gasteiger partial charge is 0.141 e. The van der Waals surface area contributed by atoms with Crippen molar-refractivity contribution in [3.8, 4) is 28.8 Å². The van der Waals surface area contributed by atoms with Crippen LogP contribution in [0.5, 0.6) is 11.5 Å². The number of nitriles is 1. The minimum absolute atomic E-state index is 0.341. The van der Waals surface area contributed by atoms with Gasteiger partial charge < -0.3 is 20.1 Å². The second-order valence-corrected chi connectivity index (χ2v) is 8.83. The number of nitrogens with zero attached hydrogens (tertiary/aromatic N) is 4. The maximum Gasteiger partial charge on any atom is 0.141 e. The zero-order valence-corrected chi connectivity index (χ0v) is 19.6. The molecule has 7 nitrogen and oxygen atoms in total. The monoisotopic (exact) mass is 471 g/mol. The molecule has 0 amide bonds. The van der Waals surface area contributed by atoms with Crippen LogP contribution in [0, 0.1) is 16.7 Å². The van der Waals surface area contributed by atoms with Gasteiger partial charge in [0, 0.05) is 29.9 Å². The molecule has 2 aliphatic heterocycles. The second kappa shape index (κ2) is 8.53. The normalized spacial score (nSPS) is 19.8. The van der Waals surface area contributed by atoms with Crippen molar-refractivity contribution in [2.24, 2.45) is 16.1 Å². The van der Waals surface area contributed by atoms with Crippen molar-refractivity contribution < 1.29 is 9.47 Å². The maximum absolute atomic E-state index is 9.62. The van der Waals surface area contributed by atoms with E-state index in [0.29, 0.717) is 64.1 Å². The fourth-order valence-electron chi connectivity index (χ4n) is 4.03. The van der Waals surface area contributed by atoms with Gasteiger partial charge in [-0.05, 0) is 30.7 Å². The van der Waals surface area contributed by atoms with Crippen LogP contribution < -0.4 is 30.5 Å². The zero-order valence-electron chi connectivity index (χ0n) is 18.1. The Balaban J connectivity index is 2.01. The molecule has 0 spiro atoms. The highest BCUT2D eigenvalue weighted by Gasteiger charge is 2.35. The first-order valence-corrected chi connectivity index (χ1v) is 10.9. The topological polar surface area (TPSA) is 96.8 Å². The van der Waals surface area contributed by atoms with Crippen LogP contribution >= 0.6 is 23.2 Å². The van der Waals surface area contributed by atoms with E-state index in [1.807, 2.05) is 25.1 Å². The number of hydrogen-bond acceptors (Lipinski definition) is 7. The molecule has 2 N–H and O–H groups in total. The van der Waals surface area contributed by atoms with Crippen molar-refractivity contribution in [2.75, 3.05) is 38.8 Å². The van der Waals surface area contributed by atoms with Crippen LogP contribution in [0.1, 0.15) is 13.3 Å². The van der Waals surface area contributed by atoms with Crippen molar-refractivity contribution >= 4 is 47.0 Å². The largest absolute Gasteiger partial charge is 0.495 e. The predicted molar refractivity (Wildman–Crippen MR) is 128 cm³/mol. The molecular weight excluding hydrogens is 449 g/mol. The van der Waals surface area contributed by atoms with Crippen LogP contribution in [-0.2, 0) is 0 Å². The van der Waals surface area contributed by atoms with Gasteiger partial charge in [-0.1, -0.05) is 29.3 Å². The van der Waals surface area contributed by atoms with Crippen LogP contribution in [-0.4, -0.2) is 44.7 Å². The number of rotatable bonds is 4. The summed E-state index contributed by atoms with van der Waals surface area (Å²) in [6.45, 7) is 3.65. The number of fused-ring (bicyclic) bond motifs is 1. The number of benzene rings is 1. The summed E-state index contributed by atoms with van der Waals surface area (Å²) < 4.78 is 10.9. The molecule has 1 atom stereocenters. The summed E-state index contributed by atoms with van der Waals surface area (Å²) in [4.78, 5) is 11.4. The van der Waals surface area contributed by atoms with Crippen LogP contribution in [0.15, 0.2) is 17.1 Å². The Kier molecular flexibility index (Phi) is 5.93. The van der Waals surface area contributed by atoms with Crippen molar-refractivity contribution in [3.05, 3.63) is 32.6 Å². The van der Waals surface area contributed by atoms with E-state index in [1.165, 1.54) is 14.2 Å². The van der Waals surface area contributed by atoms with E-state index in [4.69, 9.17) is 43.4 Å². The lowest BCUT2D eigenvalue weighted by molar-refractivity contribution is 0.395. The lowest BCUT2D eigenvalue weighted by atomic mass is 9.92. The third kappa shape index (κ3) is 3.85. The Bertz CT molecular complexity index is 1260. The molecule has 1 aromatic heterocycles. The van der Waals surface area contributed by atoms with Crippen LogP contribution in [0.3, 0.4) is 0 Å². The van der Waals surface area contributed by atoms with E-state index >= 15 is 0 Å². The molecule has 0 bridgehead atoms. The number of nitrogens with two attached hydrogens (primary N) is 1. The summed E-state index contributed by atoms with van der Waals surface area (Å²) in [5, 5.41) is 12.1. The number of aliphatic imine (C=N–C) groups is 1. The molecule has 166 valence electrons. The van der Waals surface area contributed by atoms with Gasteiger partial charge in [0.15, 0.2) is 0 Å². The molecule has 2 aliphatic rings. The summed E-state index contributed by atoms with van der Waals surface area (Å²) in [7, 11) is 3.06. The number of pyridine rings is 1. The molecule has 1 unspecified atom stereocenters. The van der Waals surface area contributed by atoms with Crippen molar-refractivity contribution in [1.29, 1.82) is 5.26 Å². The molecule has 1 saturated heterocycles. The summed E-state index contributed by atoms with van der Waals surface area (Å²) in [5.41, 5.74) is 6.71. The number of hydrogen-bond donors (Lipinski definition) is 1. The second-order valence-electron chi connectivity index (χ2n) is 8.08. The molecule has 0 radical (unpaired) electrons. The van der Waals surface area contributed by atoms with Crippen LogP contribution in [0.4, 0.5) is 5.82 Å². The SMILES string of the molecule is COc1cc(OC)c(Cl)c(-c2cc3c(c(N4CCC(C)(C#N)C4)n2)=CC(N)=NCC=3)c1Cl. The molecular formula is C23H23Cl2N5O2. The lowest BCUT2D eigenvalue weighted by Gasteiger charge is -2.22. The van der Waals surface area contributed by atoms with Gasteiger partial charge in [0.25, 0.3) is 0 Å². The van der Waals surface area contributed by atoms with E-state index < -0.39 is 5.41 Å². The maximum atomic E-state index is 9.62. The first-order valence-electron chi connectivity index (χ1n) is 10.1. The van der Waals surface area contributed by atoms with E-state index in [-0.39, 0.29) is 0 Å². The molecule has 9 heteroatoms. The summed E-state index contributed by atoms with van der Waals surface area (Å²) in [6.07, 6.45) is 4.55. The third-order valence-electron chi connectivity index (χ3n) is 5.82. The fraction of sp³-hybridized carbons (Fsp3) is 0.348. The number of ether oxygens (including phenoxy) is 2. The Morgan fingerprint density at radius 2 is 1.88 bits per heavy atom. The lowest BCUT2D eigenvalue weighted by Crippen LogP contribution is -2.37. The summed E-state index contributed by atoms with van der Waals surface area (Å²) in [6, 6.07) is 5.98. The summed E-state index contributed by atoms with van der Waals surface area (Å²) in [5.74, 6) is 2.00. The van der Waals surface area contributed by atoms with E-state index in [2.05, 4.69) is 16.0 Å². The molecule has 1 aromatic carbocycles. The van der Waals surface area contributed by atoms with Gasteiger partial charge in [-0.15, -0.1) is 0 Å². The molecule has 1 fully saturated rings. The van der Waals surface area contributed by atoms with Gasteiger partial charge in [-0.2, -0.15) is 5.26 Å². The molecule has 4 rings (SSSR count). The predicted octanol–water partition coefficient (Wildman–Crippen LogP) is 2.74.